The van der Waals surface area contributed by atoms with Crippen molar-refractivity contribution in [3.05, 3.63) is 101 Å². The van der Waals surface area contributed by atoms with Crippen LogP contribution in [-0.2, 0) is 14.3 Å². The van der Waals surface area contributed by atoms with Crippen molar-refractivity contribution >= 4 is 23.5 Å². The van der Waals surface area contributed by atoms with Crippen LogP contribution in [0.3, 0.4) is 0 Å². The fraction of sp³-hybridized carbons (Fsp3) is 0.250. The number of hydrogen-bond acceptors (Lipinski definition) is 4. The van der Waals surface area contributed by atoms with Gasteiger partial charge in [-0.3, -0.25) is 9.59 Å². The van der Waals surface area contributed by atoms with Gasteiger partial charge in [-0.05, 0) is 54.3 Å². The number of esters is 1. The molecule has 0 radical (unpaired) electrons. The van der Waals surface area contributed by atoms with Crippen LogP contribution in [0, 0.1) is 11.8 Å². The monoisotopic (exact) mass is 437 g/mol. The first-order valence-corrected chi connectivity index (χ1v) is 11.3. The lowest BCUT2D eigenvalue weighted by Gasteiger charge is -2.45. The number of nitrogens with zero attached hydrogens (tertiary/aromatic N) is 1. The molecule has 5 nitrogen and oxygen atoms in total. The zero-order valence-electron chi connectivity index (χ0n) is 18.4. The summed E-state index contributed by atoms with van der Waals surface area (Å²) >= 11 is 0. The van der Waals surface area contributed by atoms with Gasteiger partial charge < -0.3 is 4.74 Å². The van der Waals surface area contributed by atoms with Crippen LogP contribution in [0.25, 0.3) is 0 Å². The molecule has 2 bridgehead atoms. The Morgan fingerprint density at radius 1 is 0.758 bits per heavy atom. The zero-order valence-corrected chi connectivity index (χ0v) is 18.4. The normalized spacial score (nSPS) is 24.5. The predicted molar refractivity (Wildman–Crippen MR) is 123 cm³/mol. The number of hydrogen-bond donors (Lipinski definition) is 0. The molecule has 3 aromatic rings. The Labute approximate surface area is 192 Å². The largest absolute Gasteiger partial charge is 0.459 e. The molecule has 0 saturated carbocycles. The van der Waals surface area contributed by atoms with Gasteiger partial charge in [-0.2, -0.15) is 0 Å². The average molecular weight is 437 g/mol. The number of carbonyl (C=O) groups is 3. The summed E-state index contributed by atoms with van der Waals surface area (Å²) in [6.45, 7) is 3.57. The van der Waals surface area contributed by atoms with E-state index in [1.807, 2.05) is 24.3 Å². The third kappa shape index (κ3) is 2.75. The molecule has 0 unspecified atom stereocenters. The number of ether oxygens (including phenoxy) is 1. The number of anilines is 1. The second kappa shape index (κ2) is 7.14. The van der Waals surface area contributed by atoms with Gasteiger partial charge in [0.25, 0.3) is 0 Å². The molecule has 33 heavy (non-hydrogen) atoms. The first-order valence-electron chi connectivity index (χ1n) is 11.3. The van der Waals surface area contributed by atoms with Crippen LogP contribution in [0.4, 0.5) is 5.69 Å². The number of rotatable bonds is 3. The molecule has 0 N–H and O–H groups in total. The highest BCUT2D eigenvalue weighted by molar-refractivity contribution is 6.23. The summed E-state index contributed by atoms with van der Waals surface area (Å²) in [5, 5.41) is 0. The summed E-state index contributed by atoms with van der Waals surface area (Å²) in [5.41, 5.74) is 5.30. The maximum atomic E-state index is 13.8. The molecule has 3 aliphatic carbocycles. The van der Waals surface area contributed by atoms with Gasteiger partial charge in [0.1, 0.15) is 0 Å². The van der Waals surface area contributed by atoms with E-state index in [-0.39, 0.29) is 29.8 Å². The molecule has 2 amide bonds. The van der Waals surface area contributed by atoms with Crippen molar-refractivity contribution in [2.24, 2.45) is 11.8 Å². The number of carbonyl (C=O) groups excluding carboxylic acids is 3. The lowest BCUT2D eigenvalue weighted by atomic mass is 9.55. The Balaban J connectivity index is 1.46. The smallest absolute Gasteiger partial charge is 0.338 e. The topological polar surface area (TPSA) is 63.7 Å². The highest BCUT2D eigenvalue weighted by Crippen LogP contribution is 2.61. The van der Waals surface area contributed by atoms with Gasteiger partial charge in [0.05, 0.1) is 29.2 Å². The molecule has 1 heterocycles. The van der Waals surface area contributed by atoms with E-state index in [4.69, 9.17) is 4.74 Å². The van der Waals surface area contributed by atoms with Gasteiger partial charge in [-0.15, -0.1) is 0 Å². The molecule has 1 saturated heterocycles. The van der Waals surface area contributed by atoms with Gasteiger partial charge in [-0.25, -0.2) is 9.69 Å². The molecular formula is C28H23NO4. The highest BCUT2D eigenvalue weighted by Gasteiger charge is 2.61. The molecule has 1 aliphatic heterocycles. The summed E-state index contributed by atoms with van der Waals surface area (Å²) in [7, 11) is 0. The quantitative estimate of drug-likeness (QED) is 0.442. The van der Waals surface area contributed by atoms with E-state index >= 15 is 0 Å². The Kier molecular flexibility index (Phi) is 4.31. The maximum Gasteiger partial charge on any atom is 0.338 e. The van der Waals surface area contributed by atoms with Crippen LogP contribution < -0.4 is 4.90 Å². The van der Waals surface area contributed by atoms with Crippen LogP contribution in [0.1, 0.15) is 58.3 Å². The summed E-state index contributed by atoms with van der Waals surface area (Å²) in [6, 6.07) is 23.0. The van der Waals surface area contributed by atoms with Crippen molar-refractivity contribution in [3.8, 4) is 0 Å². The first-order chi connectivity index (χ1) is 16.0. The second-order valence-corrected chi connectivity index (χ2v) is 9.28. The van der Waals surface area contributed by atoms with Crippen molar-refractivity contribution in [3.63, 3.8) is 0 Å². The fourth-order valence-corrected chi connectivity index (χ4v) is 5.99. The maximum absolute atomic E-state index is 13.8. The zero-order chi connectivity index (χ0) is 22.9. The minimum absolute atomic E-state index is 0.150. The molecule has 4 aliphatic rings. The molecule has 0 aromatic heterocycles. The van der Waals surface area contributed by atoms with E-state index in [2.05, 4.69) is 24.3 Å². The van der Waals surface area contributed by atoms with Crippen LogP contribution in [0.15, 0.2) is 72.8 Å². The average Bonchev–Trinajstić information content (AvgIpc) is 3.09. The van der Waals surface area contributed by atoms with Gasteiger partial charge in [0.15, 0.2) is 0 Å². The Hall–Kier alpha value is -3.73. The highest BCUT2D eigenvalue weighted by atomic mass is 16.5. The number of benzene rings is 3. The fourth-order valence-electron chi connectivity index (χ4n) is 5.99. The van der Waals surface area contributed by atoms with Crippen molar-refractivity contribution in [1.82, 2.24) is 0 Å². The molecule has 5 heteroatoms. The molecule has 7 rings (SSSR count). The van der Waals surface area contributed by atoms with Gasteiger partial charge >= 0.3 is 5.97 Å². The Bertz CT molecular complexity index is 1210. The van der Waals surface area contributed by atoms with E-state index < -0.39 is 17.8 Å². The van der Waals surface area contributed by atoms with Gasteiger partial charge in [0, 0.05) is 11.8 Å². The summed E-state index contributed by atoms with van der Waals surface area (Å²) in [6.07, 6.45) is -0.258. The lowest BCUT2D eigenvalue weighted by molar-refractivity contribution is -0.122. The van der Waals surface area contributed by atoms with Gasteiger partial charge in [-0.1, -0.05) is 54.6 Å². The summed E-state index contributed by atoms with van der Waals surface area (Å²) < 4.78 is 5.30. The summed E-state index contributed by atoms with van der Waals surface area (Å²) in [4.78, 5) is 41.3. The van der Waals surface area contributed by atoms with E-state index in [0.29, 0.717) is 11.3 Å². The molecule has 164 valence electrons. The standard InChI is InChI=1S/C28H23NO4/c1-15(2)33-28(32)16-8-7-9-17(14-16)29-26(30)24-22-18-10-3-4-11-19(18)23(25(24)27(29)31)21-13-6-5-12-20(21)22/h3-15,22-25H,1-2H3/t22?,23?,24-,25-/m0/s1. The minimum Gasteiger partial charge on any atom is -0.459 e. The first kappa shape index (κ1) is 19.9. The van der Waals surface area contributed by atoms with Crippen molar-refractivity contribution in [1.29, 1.82) is 0 Å². The van der Waals surface area contributed by atoms with Crippen LogP contribution in [0.2, 0.25) is 0 Å². The third-order valence-corrected chi connectivity index (χ3v) is 7.13. The van der Waals surface area contributed by atoms with Gasteiger partial charge in [0.2, 0.25) is 11.8 Å². The van der Waals surface area contributed by atoms with Crippen molar-refractivity contribution in [2.75, 3.05) is 4.90 Å². The minimum atomic E-state index is -0.469. The van der Waals surface area contributed by atoms with E-state index in [1.54, 1.807) is 38.1 Å². The Morgan fingerprint density at radius 2 is 1.24 bits per heavy atom. The molecule has 3 aromatic carbocycles. The van der Waals surface area contributed by atoms with Crippen molar-refractivity contribution < 1.29 is 19.1 Å². The number of amides is 2. The Morgan fingerprint density at radius 3 is 1.70 bits per heavy atom. The third-order valence-electron chi connectivity index (χ3n) is 7.13. The van der Waals surface area contributed by atoms with E-state index in [9.17, 15) is 14.4 Å². The molecular weight excluding hydrogens is 414 g/mol. The van der Waals surface area contributed by atoms with Crippen LogP contribution in [0.5, 0.6) is 0 Å². The van der Waals surface area contributed by atoms with Crippen LogP contribution in [-0.4, -0.2) is 23.9 Å². The molecule has 2 atom stereocenters. The molecule has 1 fully saturated rings. The molecule has 0 spiro atoms. The SMILES string of the molecule is CC(C)OC(=O)c1cccc(N2C(=O)[C@H]3C4c5ccccc5C(c5ccccc54)[C@@H]3C2=O)c1. The number of imide groups is 1. The summed E-state index contributed by atoms with van der Waals surface area (Å²) in [5.74, 6) is -2.05. The lowest BCUT2D eigenvalue weighted by Crippen LogP contribution is -2.41. The predicted octanol–water partition coefficient (Wildman–Crippen LogP) is 4.65. The second-order valence-electron chi connectivity index (χ2n) is 9.28. The van der Waals surface area contributed by atoms with E-state index in [1.165, 1.54) is 4.90 Å². The van der Waals surface area contributed by atoms with Crippen molar-refractivity contribution in [2.45, 2.75) is 31.8 Å². The van der Waals surface area contributed by atoms with E-state index in [0.717, 1.165) is 22.3 Å². The van der Waals surface area contributed by atoms with Crippen LogP contribution >= 0.6 is 0 Å².